The van der Waals surface area contributed by atoms with Crippen LogP contribution < -0.4 is 14.8 Å². The first-order chi connectivity index (χ1) is 15.2. The molecule has 0 aliphatic carbocycles. The number of methoxy groups -OCH3 is 2. The van der Waals surface area contributed by atoms with Crippen LogP contribution in [0.2, 0.25) is 0 Å². The molecular formula is C24H27N3O4. The van der Waals surface area contributed by atoms with Gasteiger partial charge in [0.1, 0.15) is 0 Å². The van der Waals surface area contributed by atoms with Gasteiger partial charge in [0, 0.05) is 18.2 Å². The minimum Gasteiger partial charge on any atom is -0.493 e. The van der Waals surface area contributed by atoms with E-state index < -0.39 is 0 Å². The summed E-state index contributed by atoms with van der Waals surface area (Å²) in [5.41, 5.74) is 2.23. The van der Waals surface area contributed by atoms with E-state index in [0.717, 1.165) is 37.1 Å². The van der Waals surface area contributed by atoms with Crippen molar-refractivity contribution in [2.24, 2.45) is 0 Å². The number of amides is 1. The third-order valence-electron chi connectivity index (χ3n) is 5.63. The molecule has 4 rings (SSSR count). The minimum absolute atomic E-state index is 0.0340. The number of benzene rings is 2. The van der Waals surface area contributed by atoms with E-state index in [1.165, 1.54) is 0 Å². The van der Waals surface area contributed by atoms with E-state index in [9.17, 15) is 4.79 Å². The van der Waals surface area contributed by atoms with Crippen molar-refractivity contribution in [1.82, 2.24) is 15.4 Å². The summed E-state index contributed by atoms with van der Waals surface area (Å²) in [5.74, 6) is 1.68. The molecule has 0 unspecified atom stereocenters. The van der Waals surface area contributed by atoms with Crippen molar-refractivity contribution in [3.05, 3.63) is 65.9 Å². The van der Waals surface area contributed by atoms with Gasteiger partial charge in [0.05, 0.1) is 20.3 Å². The van der Waals surface area contributed by atoms with Crippen molar-refractivity contribution in [3.63, 3.8) is 0 Å². The second kappa shape index (κ2) is 9.66. The van der Waals surface area contributed by atoms with Gasteiger partial charge >= 0.3 is 0 Å². The molecule has 0 bridgehead atoms. The molecule has 162 valence electrons. The fourth-order valence-corrected chi connectivity index (χ4v) is 3.97. The second-order valence-electron chi connectivity index (χ2n) is 7.53. The number of nitrogens with zero attached hydrogens (tertiary/aromatic N) is 2. The molecule has 0 radical (unpaired) electrons. The Balaban J connectivity index is 1.49. The Kier molecular flexibility index (Phi) is 6.52. The lowest BCUT2D eigenvalue weighted by Crippen LogP contribution is -2.37. The molecule has 1 aromatic heterocycles. The first-order valence-corrected chi connectivity index (χ1v) is 10.5. The van der Waals surface area contributed by atoms with Crippen molar-refractivity contribution >= 4 is 5.91 Å². The Bertz CT molecular complexity index is 1010. The van der Waals surface area contributed by atoms with Gasteiger partial charge in [-0.15, -0.1) is 0 Å². The highest BCUT2D eigenvalue weighted by atomic mass is 16.5. The second-order valence-corrected chi connectivity index (χ2v) is 7.53. The van der Waals surface area contributed by atoms with Crippen LogP contribution in [-0.4, -0.2) is 49.8 Å². The number of rotatable bonds is 8. The minimum atomic E-state index is -0.254. The third kappa shape index (κ3) is 4.72. The number of carbonyl (C=O) groups is 1. The molecule has 1 atom stereocenters. The number of ether oxygens (including phenoxy) is 2. The summed E-state index contributed by atoms with van der Waals surface area (Å²) in [4.78, 5) is 15.2. The van der Waals surface area contributed by atoms with Crippen LogP contribution in [0.3, 0.4) is 0 Å². The normalized spacial score (nSPS) is 14.9. The highest BCUT2D eigenvalue weighted by Crippen LogP contribution is 2.33. The van der Waals surface area contributed by atoms with Crippen LogP contribution >= 0.6 is 0 Å². The molecule has 1 fully saturated rings. The molecule has 1 saturated heterocycles. The first kappa shape index (κ1) is 20.9. The smallest absolute Gasteiger partial charge is 0.273 e. The predicted octanol–water partition coefficient (Wildman–Crippen LogP) is 3.93. The van der Waals surface area contributed by atoms with Gasteiger partial charge in [-0.3, -0.25) is 9.69 Å². The van der Waals surface area contributed by atoms with E-state index in [4.69, 9.17) is 14.0 Å². The van der Waals surface area contributed by atoms with Crippen LogP contribution in [0.15, 0.2) is 59.1 Å². The first-order valence-electron chi connectivity index (χ1n) is 10.5. The largest absolute Gasteiger partial charge is 0.493 e. The number of likely N-dealkylation sites (tertiary alicyclic amines) is 1. The van der Waals surface area contributed by atoms with E-state index in [1.54, 1.807) is 20.3 Å². The molecule has 7 heteroatoms. The Labute approximate surface area is 181 Å². The van der Waals surface area contributed by atoms with Gasteiger partial charge in [0.2, 0.25) is 0 Å². The van der Waals surface area contributed by atoms with E-state index in [-0.39, 0.29) is 17.6 Å². The molecular weight excluding hydrogens is 394 g/mol. The van der Waals surface area contributed by atoms with Crippen molar-refractivity contribution < 1.29 is 18.8 Å². The average molecular weight is 421 g/mol. The molecule has 7 nitrogen and oxygen atoms in total. The topological polar surface area (TPSA) is 76.8 Å². The maximum Gasteiger partial charge on any atom is 0.273 e. The molecule has 3 aromatic rings. The number of nitrogens with one attached hydrogen (secondary N) is 1. The molecule has 0 saturated carbocycles. The van der Waals surface area contributed by atoms with E-state index in [0.29, 0.717) is 23.8 Å². The summed E-state index contributed by atoms with van der Waals surface area (Å²) in [6.07, 6.45) is 2.31. The van der Waals surface area contributed by atoms with Crippen molar-refractivity contribution in [1.29, 1.82) is 0 Å². The number of carbonyl (C=O) groups excluding carboxylic acids is 1. The molecule has 1 aliphatic heterocycles. The SMILES string of the molecule is COc1ccc([C@@H](CNC(=O)c2cc(-c3ccccc3)on2)N2CCCC2)cc1OC. The summed E-state index contributed by atoms with van der Waals surface area (Å²) < 4.78 is 16.2. The van der Waals surface area contributed by atoms with E-state index >= 15 is 0 Å². The van der Waals surface area contributed by atoms with Crippen molar-refractivity contribution in [2.75, 3.05) is 33.9 Å². The van der Waals surface area contributed by atoms with Gasteiger partial charge < -0.3 is 19.3 Å². The molecule has 2 aromatic carbocycles. The quantitative estimate of drug-likeness (QED) is 0.594. The molecule has 1 aliphatic rings. The number of hydrogen-bond donors (Lipinski definition) is 1. The maximum absolute atomic E-state index is 12.8. The summed E-state index contributed by atoms with van der Waals surface area (Å²) >= 11 is 0. The molecule has 0 spiro atoms. The van der Waals surface area contributed by atoms with Crippen LogP contribution in [0.5, 0.6) is 11.5 Å². The van der Waals surface area contributed by atoms with Crippen LogP contribution in [-0.2, 0) is 0 Å². The van der Waals surface area contributed by atoms with Crippen LogP contribution in [0.1, 0.15) is 34.9 Å². The highest BCUT2D eigenvalue weighted by molar-refractivity contribution is 5.93. The zero-order valence-electron chi connectivity index (χ0n) is 17.8. The molecule has 2 heterocycles. The summed E-state index contributed by atoms with van der Waals surface area (Å²) in [5, 5.41) is 6.98. The standard InChI is InChI=1S/C24H27N3O4/c1-29-21-11-10-18(14-23(21)30-2)20(27-12-6-7-13-27)16-25-24(28)19-15-22(31-26-19)17-8-4-3-5-9-17/h3-5,8-11,14-15,20H,6-7,12-13,16H2,1-2H3,(H,25,28)/t20-/m1/s1. The van der Waals surface area contributed by atoms with Gasteiger partial charge in [-0.2, -0.15) is 0 Å². The van der Waals surface area contributed by atoms with Crippen molar-refractivity contribution in [2.45, 2.75) is 18.9 Å². The summed E-state index contributed by atoms with van der Waals surface area (Å²) in [7, 11) is 3.25. The zero-order chi connectivity index (χ0) is 21.6. The monoisotopic (exact) mass is 421 g/mol. The number of aromatic nitrogens is 1. The van der Waals surface area contributed by atoms with Gasteiger partial charge in [0.25, 0.3) is 5.91 Å². The lowest BCUT2D eigenvalue weighted by atomic mass is 10.0. The Morgan fingerprint density at radius 2 is 1.81 bits per heavy atom. The van der Waals surface area contributed by atoms with Gasteiger partial charge in [-0.05, 0) is 43.6 Å². The van der Waals surface area contributed by atoms with Gasteiger partial charge in [-0.25, -0.2) is 0 Å². The fourth-order valence-electron chi connectivity index (χ4n) is 3.97. The zero-order valence-corrected chi connectivity index (χ0v) is 17.8. The summed E-state index contributed by atoms with van der Waals surface area (Å²) in [6, 6.07) is 17.2. The van der Waals surface area contributed by atoms with Crippen LogP contribution in [0.25, 0.3) is 11.3 Å². The highest BCUT2D eigenvalue weighted by Gasteiger charge is 2.26. The van der Waals surface area contributed by atoms with Crippen LogP contribution in [0, 0.1) is 0 Å². The predicted molar refractivity (Wildman–Crippen MR) is 117 cm³/mol. The lowest BCUT2D eigenvalue weighted by molar-refractivity contribution is 0.0929. The summed E-state index contributed by atoms with van der Waals surface area (Å²) in [6.45, 7) is 2.45. The Morgan fingerprint density at radius 1 is 1.06 bits per heavy atom. The van der Waals surface area contributed by atoms with Gasteiger partial charge in [0.15, 0.2) is 23.0 Å². The van der Waals surface area contributed by atoms with E-state index in [2.05, 4.69) is 15.4 Å². The van der Waals surface area contributed by atoms with Crippen LogP contribution in [0.4, 0.5) is 0 Å². The lowest BCUT2D eigenvalue weighted by Gasteiger charge is -2.28. The van der Waals surface area contributed by atoms with Gasteiger partial charge in [-0.1, -0.05) is 41.6 Å². The Hall–Kier alpha value is -3.32. The van der Waals surface area contributed by atoms with Crippen molar-refractivity contribution in [3.8, 4) is 22.8 Å². The average Bonchev–Trinajstić information content (AvgIpc) is 3.52. The number of hydrogen-bond acceptors (Lipinski definition) is 6. The molecule has 1 N–H and O–H groups in total. The molecule has 31 heavy (non-hydrogen) atoms. The third-order valence-corrected chi connectivity index (χ3v) is 5.63. The Morgan fingerprint density at radius 3 is 2.52 bits per heavy atom. The fraction of sp³-hybridized carbons (Fsp3) is 0.333. The van der Waals surface area contributed by atoms with E-state index in [1.807, 2.05) is 48.5 Å². The maximum atomic E-state index is 12.8. The molecule has 1 amide bonds.